The summed E-state index contributed by atoms with van der Waals surface area (Å²) in [5, 5.41) is 9.39. The predicted octanol–water partition coefficient (Wildman–Crippen LogP) is 3.67. The lowest BCUT2D eigenvalue weighted by Crippen LogP contribution is -2.19. The summed E-state index contributed by atoms with van der Waals surface area (Å²) < 4.78 is 28.7. The molecule has 1 aromatic carbocycles. The lowest BCUT2D eigenvalue weighted by atomic mass is 9.92. The maximum Gasteiger partial charge on any atom is 0.275 e. The van der Waals surface area contributed by atoms with Crippen LogP contribution < -0.4 is 11.1 Å². The SMILES string of the molecule is CC(C)(C)c1cc(C(=O)Nc2nc(CN)cs2)n(Cc2ccc(F)cc2F)n1. The van der Waals surface area contributed by atoms with Crippen molar-refractivity contribution in [3.8, 4) is 0 Å². The number of thiazole rings is 1. The van der Waals surface area contributed by atoms with Crippen molar-refractivity contribution in [1.29, 1.82) is 0 Å². The van der Waals surface area contributed by atoms with Gasteiger partial charge >= 0.3 is 0 Å². The predicted molar refractivity (Wildman–Crippen MR) is 104 cm³/mol. The molecule has 0 aliphatic carbocycles. The number of aromatic nitrogens is 3. The second-order valence-electron chi connectivity index (χ2n) is 7.36. The van der Waals surface area contributed by atoms with Crippen LogP contribution in [0.25, 0.3) is 0 Å². The molecule has 0 bridgehead atoms. The molecule has 0 saturated carbocycles. The molecule has 0 saturated heterocycles. The van der Waals surface area contributed by atoms with E-state index in [0.717, 1.165) is 6.07 Å². The highest BCUT2D eigenvalue weighted by molar-refractivity contribution is 7.13. The number of carbonyl (C=O) groups is 1. The highest BCUT2D eigenvalue weighted by Gasteiger charge is 2.24. The molecule has 2 heterocycles. The molecule has 0 unspecified atom stereocenters. The number of benzene rings is 1. The van der Waals surface area contributed by atoms with Crippen LogP contribution in [0, 0.1) is 11.6 Å². The summed E-state index contributed by atoms with van der Waals surface area (Å²) in [7, 11) is 0. The summed E-state index contributed by atoms with van der Waals surface area (Å²) in [5.41, 5.74) is 7.09. The number of nitrogens with zero attached hydrogens (tertiary/aromatic N) is 3. The van der Waals surface area contributed by atoms with Crippen LogP contribution in [0.4, 0.5) is 13.9 Å². The molecule has 148 valence electrons. The van der Waals surface area contributed by atoms with Crippen molar-refractivity contribution in [3.63, 3.8) is 0 Å². The van der Waals surface area contributed by atoms with Gasteiger partial charge in [-0.3, -0.25) is 14.8 Å². The molecule has 0 aliphatic rings. The lowest BCUT2D eigenvalue weighted by Gasteiger charge is -2.14. The second-order valence-corrected chi connectivity index (χ2v) is 8.22. The quantitative estimate of drug-likeness (QED) is 0.678. The third-order valence-electron chi connectivity index (χ3n) is 4.10. The lowest BCUT2D eigenvalue weighted by molar-refractivity contribution is 0.101. The van der Waals surface area contributed by atoms with Gasteiger partial charge in [0.25, 0.3) is 5.91 Å². The Bertz CT molecular complexity index is 1010. The molecule has 2 aromatic heterocycles. The minimum absolute atomic E-state index is 0.00311. The zero-order valence-electron chi connectivity index (χ0n) is 15.8. The largest absolute Gasteiger partial charge is 0.325 e. The van der Waals surface area contributed by atoms with Gasteiger partial charge in [0.15, 0.2) is 5.13 Å². The van der Waals surface area contributed by atoms with Gasteiger partial charge in [0.2, 0.25) is 0 Å². The number of hydrogen-bond donors (Lipinski definition) is 2. The van der Waals surface area contributed by atoms with Crippen molar-refractivity contribution < 1.29 is 13.6 Å². The summed E-state index contributed by atoms with van der Waals surface area (Å²) >= 11 is 1.27. The fourth-order valence-corrected chi connectivity index (χ4v) is 3.24. The van der Waals surface area contributed by atoms with Crippen LogP contribution >= 0.6 is 11.3 Å². The van der Waals surface area contributed by atoms with Crippen LogP contribution in [0.15, 0.2) is 29.6 Å². The van der Waals surface area contributed by atoms with Crippen LogP contribution in [0.2, 0.25) is 0 Å². The Morgan fingerprint density at radius 2 is 2.04 bits per heavy atom. The molecule has 28 heavy (non-hydrogen) atoms. The highest BCUT2D eigenvalue weighted by atomic mass is 32.1. The van der Waals surface area contributed by atoms with Crippen molar-refractivity contribution in [2.24, 2.45) is 5.73 Å². The Morgan fingerprint density at radius 1 is 1.29 bits per heavy atom. The monoisotopic (exact) mass is 405 g/mol. The molecule has 6 nitrogen and oxygen atoms in total. The van der Waals surface area contributed by atoms with E-state index in [4.69, 9.17) is 5.73 Å². The molecular weight excluding hydrogens is 384 g/mol. The molecule has 1 amide bonds. The van der Waals surface area contributed by atoms with Crippen molar-refractivity contribution in [2.45, 2.75) is 39.3 Å². The van der Waals surface area contributed by atoms with Crippen LogP contribution in [0.3, 0.4) is 0 Å². The number of nitrogens with one attached hydrogen (secondary N) is 1. The molecule has 0 fully saturated rings. The average Bonchev–Trinajstić information content (AvgIpc) is 3.23. The number of anilines is 1. The Hall–Kier alpha value is -2.65. The van der Waals surface area contributed by atoms with Crippen molar-refractivity contribution in [1.82, 2.24) is 14.8 Å². The van der Waals surface area contributed by atoms with Gasteiger partial charge in [0.1, 0.15) is 17.3 Å². The molecule has 3 N–H and O–H groups in total. The highest BCUT2D eigenvalue weighted by Crippen LogP contribution is 2.24. The zero-order valence-corrected chi connectivity index (χ0v) is 16.6. The number of carbonyl (C=O) groups excluding carboxylic acids is 1. The van der Waals surface area contributed by atoms with E-state index < -0.39 is 17.5 Å². The number of hydrogen-bond acceptors (Lipinski definition) is 5. The Labute approximate surface area is 165 Å². The van der Waals surface area contributed by atoms with Gasteiger partial charge in [-0.2, -0.15) is 5.10 Å². The number of rotatable bonds is 5. The topological polar surface area (TPSA) is 85.8 Å². The van der Waals surface area contributed by atoms with Gasteiger partial charge in [0.05, 0.1) is 17.9 Å². The zero-order chi connectivity index (χ0) is 20.5. The summed E-state index contributed by atoms with van der Waals surface area (Å²) in [6.07, 6.45) is 0. The van der Waals surface area contributed by atoms with Gasteiger partial charge < -0.3 is 5.73 Å². The van der Waals surface area contributed by atoms with Gasteiger partial charge in [-0.15, -0.1) is 11.3 Å². The summed E-state index contributed by atoms with van der Waals surface area (Å²) in [4.78, 5) is 17.0. The van der Waals surface area contributed by atoms with E-state index in [1.165, 1.54) is 28.2 Å². The summed E-state index contributed by atoms with van der Waals surface area (Å²) in [6.45, 7) is 6.18. The second kappa shape index (κ2) is 7.76. The fraction of sp³-hybridized carbons (Fsp3) is 0.316. The van der Waals surface area contributed by atoms with E-state index in [1.807, 2.05) is 20.8 Å². The first-order valence-electron chi connectivity index (χ1n) is 8.65. The Kier molecular flexibility index (Phi) is 5.57. The fourth-order valence-electron chi connectivity index (χ4n) is 2.52. The van der Waals surface area contributed by atoms with Crippen LogP contribution in [-0.2, 0) is 18.5 Å². The minimum atomic E-state index is -0.688. The minimum Gasteiger partial charge on any atom is -0.325 e. The third-order valence-corrected chi connectivity index (χ3v) is 4.90. The van der Waals surface area contributed by atoms with E-state index in [0.29, 0.717) is 16.5 Å². The smallest absolute Gasteiger partial charge is 0.275 e. The maximum atomic E-state index is 14.1. The van der Waals surface area contributed by atoms with E-state index in [2.05, 4.69) is 15.4 Å². The van der Waals surface area contributed by atoms with E-state index in [-0.39, 0.29) is 29.8 Å². The molecule has 9 heteroatoms. The first-order valence-corrected chi connectivity index (χ1v) is 9.53. The standard InChI is InChI=1S/C19H21F2N5OS/c1-19(2,3)16-7-15(17(27)24-18-23-13(8-22)10-28-18)26(25-16)9-11-4-5-12(20)6-14(11)21/h4-7,10H,8-9,22H2,1-3H3,(H,23,24,27). The van der Waals surface area contributed by atoms with E-state index >= 15 is 0 Å². The third kappa shape index (κ3) is 4.42. The van der Waals surface area contributed by atoms with Gasteiger partial charge in [-0.25, -0.2) is 13.8 Å². The first-order chi connectivity index (χ1) is 13.2. The maximum absolute atomic E-state index is 14.1. The molecule has 0 aliphatic heterocycles. The van der Waals surface area contributed by atoms with Crippen molar-refractivity contribution >= 4 is 22.4 Å². The van der Waals surface area contributed by atoms with Gasteiger partial charge in [-0.1, -0.05) is 26.8 Å². The number of amides is 1. The van der Waals surface area contributed by atoms with Crippen molar-refractivity contribution in [2.75, 3.05) is 5.32 Å². The first kappa shape index (κ1) is 20.1. The van der Waals surface area contributed by atoms with E-state index in [1.54, 1.807) is 11.4 Å². The Morgan fingerprint density at radius 3 is 2.64 bits per heavy atom. The van der Waals surface area contributed by atoms with Gasteiger partial charge in [0, 0.05) is 29.0 Å². The van der Waals surface area contributed by atoms with Crippen LogP contribution in [-0.4, -0.2) is 20.7 Å². The molecule has 0 radical (unpaired) electrons. The summed E-state index contributed by atoms with van der Waals surface area (Å²) in [6, 6.07) is 5.01. The van der Waals surface area contributed by atoms with Crippen LogP contribution in [0.1, 0.15) is 48.2 Å². The van der Waals surface area contributed by atoms with Crippen LogP contribution in [0.5, 0.6) is 0 Å². The Balaban J connectivity index is 1.94. The molecule has 0 spiro atoms. The van der Waals surface area contributed by atoms with E-state index in [9.17, 15) is 13.6 Å². The van der Waals surface area contributed by atoms with Crippen molar-refractivity contribution in [3.05, 3.63) is 63.9 Å². The summed E-state index contributed by atoms with van der Waals surface area (Å²) in [5.74, 6) is -1.76. The molecular formula is C19H21F2N5OS. The van der Waals surface area contributed by atoms with Gasteiger partial charge in [-0.05, 0) is 12.1 Å². The average molecular weight is 405 g/mol. The molecule has 3 aromatic rings. The molecule has 3 rings (SSSR count). The number of nitrogens with two attached hydrogens (primary N) is 1. The normalized spacial score (nSPS) is 11.6. The molecule has 0 atom stereocenters. The number of halogens is 2.